The van der Waals surface area contributed by atoms with Crippen LogP contribution in [0.25, 0.3) is 10.2 Å². The minimum atomic E-state index is -0.357. The maximum Gasteiger partial charge on any atom is 0.197 e. The largest absolute Gasteiger partial charge is 0.251 e. The number of aromatic nitrogens is 1. The summed E-state index contributed by atoms with van der Waals surface area (Å²) in [5.74, 6) is 0. The van der Waals surface area contributed by atoms with Crippen molar-refractivity contribution in [1.82, 2.24) is 4.98 Å². The normalized spacial score (nSPS) is 10.9. The fourth-order valence-corrected chi connectivity index (χ4v) is 2.09. The van der Waals surface area contributed by atoms with Crippen molar-refractivity contribution < 1.29 is 4.39 Å². The second-order valence-electron chi connectivity index (χ2n) is 2.49. The highest BCUT2D eigenvalue weighted by Gasteiger charge is 2.10. The molecular weight excluding hydrogens is 197 g/mol. The van der Waals surface area contributed by atoms with Gasteiger partial charge in [0.2, 0.25) is 0 Å². The molecule has 0 aliphatic heterocycles. The Balaban J connectivity index is 2.88. The highest BCUT2D eigenvalue weighted by Crippen LogP contribution is 2.32. The fourth-order valence-electron chi connectivity index (χ4n) is 1.02. The summed E-state index contributed by atoms with van der Waals surface area (Å²) in [5, 5.41) is -0.219. The van der Waals surface area contributed by atoms with Crippen molar-refractivity contribution in [1.29, 1.82) is 0 Å². The van der Waals surface area contributed by atoms with Crippen molar-refractivity contribution in [3.8, 4) is 0 Å². The third-order valence-corrected chi connectivity index (χ3v) is 2.97. The quantitative estimate of drug-likeness (QED) is 0.637. The second-order valence-corrected chi connectivity index (χ2v) is 3.87. The lowest BCUT2D eigenvalue weighted by Gasteiger charge is -1.90. The molecule has 0 radical (unpaired) electrons. The molecule has 62 valence electrons. The Labute approximate surface area is 77.8 Å². The Kier molecular flexibility index (Phi) is 1.77. The Morgan fingerprint density at radius 2 is 2.25 bits per heavy atom. The summed E-state index contributed by atoms with van der Waals surface area (Å²) in [7, 11) is 0. The van der Waals surface area contributed by atoms with Gasteiger partial charge in [-0.25, -0.2) is 0 Å². The van der Waals surface area contributed by atoms with Crippen LogP contribution in [0.2, 0.25) is 5.02 Å². The number of nitrogens with zero attached hydrogens (tertiary/aromatic N) is 1. The molecule has 0 amide bonds. The van der Waals surface area contributed by atoms with Gasteiger partial charge in [-0.05, 0) is 19.1 Å². The number of pyridine rings is 1. The number of hydrogen-bond acceptors (Lipinski definition) is 2. The predicted octanol–water partition coefficient (Wildman–Crippen LogP) is 3.40. The zero-order valence-electron chi connectivity index (χ0n) is 6.27. The van der Waals surface area contributed by atoms with E-state index in [1.807, 2.05) is 19.1 Å². The van der Waals surface area contributed by atoms with E-state index in [0.717, 1.165) is 21.7 Å². The van der Waals surface area contributed by atoms with E-state index in [9.17, 15) is 4.39 Å². The van der Waals surface area contributed by atoms with Gasteiger partial charge in [0.05, 0.1) is 4.70 Å². The van der Waals surface area contributed by atoms with Gasteiger partial charge in [0.25, 0.3) is 0 Å². The maximum absolute atomic E-state index is 12.9. The number of aryl methyl sites for hydroxylation is 1. The van der Waals surface area contributed by atoms with Crippen LogP contribution in [0.3, 0.4) is 0 Å². The van der Waals surface area contributed by atoms with E-state index in [1.54, 1.807) is 0 Å². The summed E-state index contributed by atoms with van der Waals surface area (Å²) < 4.78 is 13.7. The lowest BCUT2D eigenvalue weighted by atomic mass is 10.3. The van der Waals surface area contributed by atoms with Crippen molar-refractivity contribution >= 4 is 33.2 Å². The Morgan fingerprint density at radius 3 is 3.00 bits per heavy atom. The molecule has 12 heavy (non-hydrogen) atoms. The molecule has 0 saturated heterocycles. The first kappa shape index (κ1) is 7.95. The number of rotatable bonds is 0. The van der Waals surface area contributed by atoms with Crippen molar-refractivity contribution in [3.63, 3.8) is 0 Å². The van der Waals surface area contributed by atoms with Crippen LogP contribution in [-0.2, 0) is 0 Å². The van der Waals surface area contributed by atoms with Gasteiger partial charge in [-0.2, -0.15) is 4.39 Å². The van der Waals surface area contributed by atoms with Crippen molar-refractivity contribution in [3.05, 3.63) is 28.0 Å². The fraction of sp³-hybridized carbons (Fsp3) is 0.125. The molecule has 0 bridgehead atoms. The Hall–Kier alpha value is -0.670. The van der Waals surface area contributed by atoms with Gasteiger partial charge in [-0.3, -0.25) is 4.98 Å². The molecule has 0 aliphatic carbocycles. The lowest BCUT2D eigenvalue weighted by Crippen LogP contribution is -1.78. The molecule has 4 heteroatoms. The molecule has 0 saturated carbocycles. The topological polar surface area (TPSA) is 12.9 Å². The number of thiophene rings is 1. The molecule has 2 rings (SSSR count). The summed E-state index contributed by atoms with van der Waals surface area (Å²) >= 11 is 6.71. The summed E-state index contributed by atoms with van der Waals surface area (Å²) in [5.41, 5.74) is 1.42. The highest BCUT2D eigenvalue weighted by molar-refractivity contribution is 7.18. The monoisotopic (exact) mass is 201 g/mol. The van der Waals surface area contributed by atoms with Crippen LogP contribution in [0.1, 0.15) is 5.69 Å². The molecule has 0 aromatic carbocycles. The van der Waals surface area contributed by atoms with Gasteiger partial charge < -0.3 is 0 Å². The van der Waals surface area contributed by atoms with Crippen LogP contribution in [0.15, 0.2) is 12.1 Å². The van der Waals surface area contributed by atoms with Gasteiger partial charge in [0, 0.05) is 5.69 Å². The van der Waals surface area contributed by atoms with Gasteiger partial charge in [-0.1, -0.05) is 11.6 Å². The van der Waals surface area contributed by atoms with E-state index in [2.05, 4.69) is 4.98 Å². The number of fused-ring (bicyclic) bond motifs is 1. The first-order valence-corrected chi connectivity index (χ1v) is 4.59. The predicted molar refractivity (Wildman–Crippen MR) is 49.3 cm³/mol. The first-order valence-electron chi connectivity index (χ1n) is 3.39. The summed E-state index contributed by atoms with van der Waals surface area (Å²) in [6.45, 7) is 1.85. The third kappa shape index (κ3) is 1.09. The smallest absolute Gasteiger partial charge is 0.197 e. The average molecular weight is 202 g/mol. The average Bonchev–Trinajstić information content (AvgIpc) is 2.31. The zero-order chi connectivity index (χ0) is 8.72. The summed E-state index contributed by atoms with van der Waals surface area (Å²) in [6, 6.07) is 3.67. The zero-order valence-corrected chi connectivity index (χ0v) is 7.84. The SMILES string of the molecule is Cc1ccc2sc(F)c(Cl)c2n1. The molecular formula is C8H5ClFNS. The maximum atomic E-state index is 12.9. The molecule has 0 aliphatic rings. The van der Waals surface area contributed by atoms with E-state index in [4.69, 9.17) is 11.6 Å². The van der Waals surface area contributed by atoms with Gasteiger partial charge in [-0.15, -0.1) is 11.3 Å². The molecule has 0 N–H and O–H groups in total. The van der Waals surface area contributed by atoms with E-state index in [-0.39, 0.29) is 10.2 Å². The van der Waals surface area contributed by atoms with E-state index >= 15 is 0 Å². The number of halogens is 2. The van der Waals surface area contributed by atoms with Crippen LogP contribution < -0.4 is 0 Å². The molecule has 0 spiro atoms. The molecule has 2 aromatic rings. The summed E-state index contributed by atoms with van der Waals surface area (Å²) in [6.07, 6.45) is 0. The third-order valence-electron chi connectivity index (χ3n) is 1.58. The Bertz CT molecular complexity index is 438. The summed E-state index contributed by atoms with van der Waals surface area (Å²) in [4.78, 5) is 4.13. The molecule has 0 fully saturated rings. The van der Waals surface area contributed by atoms with Crippen LogP contribution >= 0.6 is 22.9 Å². The van der Waals surface area contributed by atoms with Crippen LogP contribution in [0.4, 0.5) is 4.39 Å². The van der Waals surface area contributed by atoms with Crippen LogP contribution in [0, 0.1) is 12.1 Å². The Morgan fingerprint density at radius 1 is 1.50 bits per heavy atom. The molecule has 0 atom stereocenters. The second kappa shape index (κ2) is 2.68. The minimum Gasteiger partial charge on any atom is -0.251 e. The molecule has 2 aromatic heterocycles. The first-order chi connectivity index (χ1) is 5.68. The van der Waals surface area contributed by atoms with Gasteiger partial charge >= 0.3 is 0 Å². The van der Waals surface area contributed by atoms with E-state index < -0.39 is 0 Å². The van der Waals surface area contributed by atoms with E-state index in [0.29, 0.717) is 5.52 Å². The minimum absolute atomic E-state index is 0.138. The molecule has 2 heterocycles. The van der Waals surface area contributed by atoms with Gasteiger partial charge in [0.1, 0.15) is 10.5 Å². The van der Waals surface area contributed by atoms with Crippen LogP contribution in [-0.4, -0.2) is 4.98 Å². The van der Waals surface area contributed by atoms with E-state index in [1.165, 1.54) is 0 Å². The van der Waals surface area contributed by atoms with Crippen molar-refractivity contribution in [2.45, 2.75) is 6.92 Å². The van der Waals surface area contributed by atoms with Gasteiger partial charge in [0.15, 0.2) is 5.13 Å². The molecule has 1 nitrogen and oxygen atoms in total. The van der Waals surface area contributed by atoms with Crippen LogP contribution in [0.5, 0.6) is 0 Å². The standard InChI is InChI=1S/C8H5ClFNS/c1-4-2-3-5-7(11-4)6(9)8(10)12-5/h2-3H,1H3. The van der Waals surface area contributed by atoms with Crippen molar-refractivity contribution in [2.24, 2.45) is 0 Å². The number of hydrogen-bond donors (Lipinski definition) is 0. The molecule has 0 unspecified atom stereocenters. The lowest BCUT2D eigenvalue weighted by molar-refractivity contribution is 0.658. The highest BCUT2D eigenvalue weighted by atomic mass is 35.5. The van der Waals surface area contributed by atoms with Crippen molar-refractivity contribution in [2.75, 3.05) is 0 Å².